The molecule has 0 saturated heterocycles. The van der Waals surface area contributed by atoms with Crippen LogP contribution >= 0.6 is 11.6 Å². The molecule has 2 rings (SSSR count). The van der Waals surface area contributed by atoms with Crippen molar-refractivity contribution in [1.82, 2.24) is 10.3 Å². The van der Waals surface area contributed by atoms with Crippen molar-refractivity contribution < 1.29 is 22.8 Å². The second-order valence-corrected chi connectivity index (χ2v) is 5.40. The topological polar surface area (TPSA) is 59.1 Å². The van der Waals surface area contributed by atoms with Crippen LogP contribution in [0.1, 0.15) is 32.0 Å². The van der Waals surface area contributed by atoms with Gasteiger partial charge in [0.25, 0.3) is 5.91 Å². The number of amides is 1. The van der Waals surface area contributed by atoms with Gasteiger partial charge in [-0.3, -0.25) is 14.6 Å². The highest BCUT2D eigenvalue weighted by molar-refractivity contribution is 6.33. The number of carbonyl (C=O) groups excluding carboxylic acids is 2. The Morgan fingerprint density at radius 3 is 2.54 bits per heavy atom. The zero-order valence-corrected chi connectivity index (χ0v) is 13.2. The average molecular weight is 357 g/mol. The number of rotatable bonds is 4. The fourth-order valence-electron chi connectivity index (χ4n) is 2.01. The molecule has 1 heterocycles. The Kier molecular flexibility index (Phi) is 5.23. The van der Waals surface area contributed by atoms with Gasteiger partial charge in [-0.25, -0.2) is 0 Å². The number of halogens is 4. The molecule has 0 unspecified atom stereocenters. The molecule has 0 atom stereocenters. The molecule has 24 heavy (non-hydrogen) atoms. The van der Waals surface area contributed by atoms with Gasteiger partial charge in [0.15, 0.2) is 0 Å². The lowest BCUT2D eigenvalue weighted by atomic mass is 10.1. The second kappa shape index (κ2) is 7.00. The first-order valence-corrected chi connectivity index (χ1v) is 7.17. The van der Waals surface area contributed by atoms with E-state index < -0.39 is 35.5 Å². The highest BCUT2D eigenvalue weighted by Gasteiger charge is 2.34. The van der Waals surface area contributed by atoms with Gasteiger partial charge < -0.3 is 5.32 Å². The van der Waals surface area contributed by atoms with Crippen LogP contribution < -0.4 is 5.32 Å². The summed E-state index contributed by atoms with van der Waals surface area (Å²) in [5, 5.41) is 2.28. The number of benzene rings is 1. The van der Waals surface area contributed by atoms with Gasteiger partial charge in [-0.15, -0.1) is 0 Å². The molecule has 0 spiro atoms. The maximum Gasteiger partial charge on any atom is 0.417 e. The van der Waals surface area contributed by atoms with Crippen molar-refractivity contribution in [2.75, 3.05) is 6.54 Å². The fraction of sp³-hybridized carbons (Fsp3) is 0.188. The Bertz CT molecular complexity index is 791. The summed E-state index contributed by atoms with van der Waals surface area (Å²) in [6, 6.07) is 5.86. The largest absolute Gasteiger partial charge is 0.417 e. The summed E-state index contributed by atoms with van der Waals surface area (Å²) in [5.41, 5.74) is -0.923. The van der Waals surface area contributed by atoms with Crippen LogP contribution in [0.15, 0.2) is 36.5 Å². The number of hydrogen-bond acceptors (Lipinski definition) is 3. The van der Waals surface area contributed by atoms with E-state index in [0.717, 1.165) is 17.7 Å². The van der Waals surface area contributed by atoms with Crippen LogP contribution in [0.4, 0.5) is 13.2 Å². The lowest BCUT2D eigenvalue weighted by Crippen LogP contribution is -2.31. The summed E-state index contributed by atoms with van der Waals surface area (Å²) in [4.78, 5) is 27.9. The third kappa shape index (κ3) is 4.11. The smallest absolute Gasteiger partial charge is 0.344 e. The maximum absolute atomic E-state index is 12.9. The summed E-state index contributed by atoms with van der Waals surface area (Å²) in [6.45, 7) is 1.23. The van der Waals surface area contributed by atoms with Gasteiger partial charge in [0.1, 0.15) is 5.69 Å². The molecule has 2 aromatic rings. The molecule has 0 aliphatic heterocycles. The summed E-state index contributed by atoms with van der Waals surface area (Å²) < 4.78 is 38.7. The van der Waals surface area contributed by atoms with Gasteiger partial charge in [-0.1, -0.05) is 23.7 Å². The van der Waals surface area contributed by atoms with E-state index in [1.165, 1.54) is 24.4 Å². The number of aromatic nitrogens is 1. The van der Waals surface area contributed by atoms with Crippen molar-refractivity contribution in [3.8, 4) is 0 Å². The third-order valence-electron chi connectivity index (χ3n) is 3.13. The number of hydrogen-bond donors (Lipinski definition) is 1. The van der Waals surface area contributed by atoms with Gasteiger partial charge in [0, 0.05) is 6.20 Å². The molecule has 0 bridgehead atoms. The SMILES string of the molecule is Cc1cnc(C(=O)CNC(=O)c2ccccc2C(F)(F)F)c(Cl)c1. The van der Waals surface area contributed by atoms with Crippen LogP contribution in [0.5, 0.6) is 0 Å². The minimum Gasteiger partial charge on any atom is -0.344 e. The molecule has 0 aliphatic rings. The van der Waals surface area contributed by atoms with Gasteiger partial charge >= 0.3 is 6.18 Å². The molecular formula is C16H12ClF3N2O2. The van der Waals surface area contributed by atoms with E-state index in [4.69, 9.17) is 11.6 Å². The Labute approximate surface area is 140 Å². The maximum atomic E-state index is 12.9. The number of alkyl halides is 3. The molecular weight excluding hydrogens is 345 g/mol. The van der Waals surface area contributed by atoms with E-state index in [2.05, 4.69) is 10.3 Å². The molecule has 126 valence electrons. The average Bonchev–Trinajstić information content (AvgIpc) is 2.51. The number of nitrogens with one attached hydrogen (secondary N) is 1. The molecule has 1 aromatic heterocycles. The van der Waals surface area contributed by atoms with E-state index in [0.29, 0.717) is 0 Å². The zero-order valence-electron chi connectivity index (χ0n) is 12.4. The first kappa shape index (κ1) is 17.9. The van der Waals surface area contributed by atoms with E-state index in [-0.39, 0.29) is 10.7 Å². The van der Waals surface area contributed by atoms with Crippen LogP contribution in [0, 0.1) is 6.92 Å². The van der Waals surface area contributed by atoms with Gasteiger partial charge in [0.2, 0.25) is 5.78 Å². The number of ketones is 1. The monoisotopic (exact) mass is 356 g/mol. The van der Waals surface area contributed by atoms with E-state index >= 15 is 0 Å². The number of Topliss-reactive ketones (excluding diaryl/α,β-unsaturated/α-hetero) is 1. The molecule has 0 aliphatic carbocycles. The Balaban J connectivity index is 2.13. The molecule has 1 N–H and O–H groups in total. The van der Waals surface area contributed by atoms with Gasteiger partial charge in [-0.05, 0) is 30.7 Å². The Morgan fingerprint density at radius 2 is 1.92 bits per heavy atom. The van der Waals surface area contributed by atoms with Crippen LogP contribution in [0.2, 0.25) is 5.02 Å². The summed E-state index contributed by atoms with van der Waals surface area (Å²) >= 11 is 5.90. The fourth-order valence-corrected chi connectivity index (χ4v) is 2.33. The van der Waals surface area contributed by atoms with Crippen molar-refractivity contribution >= 4 is 23.3 Å². The summed E-state index contributed by atoms with van der Waals surface area (Å²) in [7, 11) is 0. The van der Waals surface area contributed by atoms with Crippen molar-refractivity contribution in [3.63, 3.8) is 0 Å². The van der Waals surface area contributed by atoms with E-state index in [9.17, 15) is 22.8 Å². The molecule has 1 aromatic carbocycles. The van der Waals surface area contributed by atoms with E-state index in [1.54, 1.807) is 6.92 Å². The molecule has 0 fully saturated rings. The third-order valence-corrected chi connectivity index (χ3v) is 3.42. The number of nitrogens with zero attached hydrogens (tertiary/aromatic N) is 1. The standard InChI is InChI=1S/C16H12ClF3N2O2/c1-9-6-12(17)14(21-7-9)13(23)8-22-15(24)10-4-2-3-5-11(10)16(18,19)20/h2-7H,8H2,1H3,(H,22,24). The van der Waals surface area contributed by atoms with Crippen LogP contribution in [-0.4, -0.2) is 23.2 Å². The minimum absolute atomic E-state index is 0.0494. The Morgan fingerprint density at radius 1 is 1.25 bits per heavy atom. The molecule has 0 radical (unpaired) electrons. The van der Waals surface area contributed by atoms with Crippen LogP contribution in [0.3, 0.4) is 0 Å². The lowest BCUT2D eigenvalue weighted by molar-refractivity contribution is -0.137. The molecule has 8 heteroatoms. The first-order valence-electron chi connectivity index (χ1n) is 6.80. The molecule has 1 amide bonds. The quantitative estimate of drug-likeness (QED) is 0.850. The van der Waals surface area contributed by atoms with Crippen LogP contribution in [-0.2, 0) is 6.18 Å². The van der Waals surface area contributed by atoms with Gasteiger partial charge in [-0.2, -0.15) is 13.2 Å². The predicted molar refractivity (Wildman–Crippen MR) is 82.1 cm³/mol. The second-order valence-electron chi connectivity index (χ2n) is 4.99. The normalized spacial score (nSPS) is 11.2. The van der Waals surface area contributed by atoms with E-state index in [1.807, 2.05) is 0 Å². The van der Waals surface area contributed by atoms with Crippen LogP contribution in [0.25, 0.3) is 0 Å². The highest BCUT2D eigenvalue weighted by Crippen LogP contribution is 2.31. The lowest BCUT2D eigenvalue weighted by Gasteiger charge is -2.12. The molecule has 0 saturated carbocycles. The van der Waals surface area contributed by atoms with Crippen molar-refractivity contribution in [2.24, 2.45) is 0 Å². The zero-order chi connectivity index (χ0) is 17.9. The van der Waals surface area contributed by atoms with Crippen molar-refractivity contribution in [2.45, 2.75) is 13.1 Å². The number of pyridine rings is 1. The first-order chi connectivity index (χ1) is 11.2. The van der Waals surface area contributed by atoms with Gasteiger partial charge in [0.05, 0.1) is 22.7 Å². The number of aryl methyl sites for hydroxylation is 1. The Hall–Kier alpha value is -2.41. The molecule has 4 nitrogen and oxygen atoms in total. The van der Waals surface area contributed by atoms with Crippen molar-refractivity contribution in [1.29, 1.82) is 0 Å². The number of carbonyl (C=O) groups is 2. The summed E-state index contributed by atoms with van der Waals surface area (Å²) in [5.74, 6) is -1.60. The highest BCUT2D eigenvalue weighted by atomic mass is 35.5. The van der Waals surface area contributed by atoms with Crippen molar-refractivity contribution in [3.05, 3.63) is 63.9 Å². The minimum atomic E-state index is -4.67. The summed E-state index contributed by atoms with van der Waals surface area (Å²) in [6.07, 6.45) is -3.24. The predicted octanol–water partition coefficient (Wildman–Crippen LogP) is 3.67.